The Labute approximate surface area is 308 Å². The van der Waals surface area contributed by atoms with Crippen LogP contribution in [-0.4, -0.2) is 19.1 Å². The molecular weight excluding hydrogens is 645 g/mol. The molecule has 53 heavy (non-hydrogen) atoms. The molecule has 0 radical (unpaired) electrons. The number of benzene rings is 5. The van der Waals surface area contributed by atoms with E-state index in [0.29, 0.717) is 5.92 Å². The van der Waals surface area contributed by atoms with Gasteiger partial charge in [-0.15, -0.1) is 0 Å². The summed E-state index contributed by atoms with van der Waals surface area (Å²) in [5, 5.41) is 2.34. The van der Waals surface area contributed by atoms with Gasteiger partial charge < -0.3 is 9.13 Å². The van der Waals surface area contributed by atoms with Crippen molar-refractivity contribution in [3.8, 4) is 22.5 Å². The Morgan fingerprint density at radius 1 is 0.547 bits per heavy atom. The number of para-hydroxylation sites is 2. The number of allylic oxidation sites excluding steroid dienone is 2. The van der Waals surface area contributed by atoms with Crippen molar-refractivity contribution in [1.82, 2.24) is 19.1 Å². The third-order valence-corrected chi connectivity index (χ3v) is 12.8. The number of hydrogen-bond donors (Lipinski definition) is 0. The summed E-state index contributed by atoms with van der Waals surface area (Å²) in [7, 11) is 0. The predicted octanol–water partition coefficient (Wildman–Crippen LogP) is 12.0. The van der Waals surface area contributed by atoms with Crippen LogP contribution in [-0.2, 0) is 5.41 Å². The number of fused-ring (bicyclic) bond motifs is 9. The zero-order chi connectivity index (χ0) is 35.3. The molecular formula is C49H38N4. The monoisotopic (exact) mass is 682 g/mol. The lowest BCUT2D eigenvalue weighted by atomic mass is 9.49. The van der Waals surface area contributed by atoms with Gasteiger partial charge >= 0.3 is 0 Å². The van der Waals surface area contributed by atoms with E-state index in [9.17, 15) is 0 Å². The van der Waals surface area contributed by atoms with Crippen LogP contribution in [0.2, 0.25) is 0 Å². The first-order valence-corrected chi connectivity index (χ1v) is 18.8. The van der Waals surface area contributed by atoms with Crippen LogP contribution in [0.25, 0.3) is 66.4 Å². The second kappa shape index (κ2) is 11.1. The molecule has 11 rings (SSSR count). The number of nitrogens with zero attached hydrogens (tertiary/aromatic N) is 4. The highest BCUT2D eigenvalue weighted by atomic mass is 15.0. The molecule has 4 heterocycles. The fraction of sp³-hybridized carbons (Fsp3) is 0.143. The summed E-state index contributed by atoms with van der Waals surface area (Å²) in [4.78, 5) is 9.75. The zero-order valence-electron chi connectivity index (χ0n) is 29.9. The van der Waals surface area contributed by atoms with Crippen molar-refractivity contribution in [1.29, 1.82) is 0 Å². The maximum absolute atomic E-state index is 4.87. The van der Waals surface area contributed by atoms with E-state index in [-0.39, 0.29) is 5.41 Å². The highest BCUT2D eigenvalue weighted by Crippen LogP contribution is 2.65. The highest BCUT2D eigenvalue weighted by Gasteiger charge is 2.58. The average Bonchev–Trinajstić information content (AvgIpc) is 3.83. The van der Waals surface area contributed by atoms with Crippen molar-refractivity contribution in [2.24, 2.45) is 11.3 Å². The number of rotatable bonds is 4. The fourth-order valence-corrected chi connectivity index (χ4v) is 10.3. The molecule has 2 aliphatic carbocycles. The van der Waals surface area contributed by atoms with Crippen LogP contribution in [0.1, 0.15) is 43.4 Å². The lowest BCUT2D eigenvalue weighted by molar-refractivity contribution is 0.119. The van der Waals surface area contributed by atoms with Crippen LogP contribution in [0.4, 0.5) is 0 Å². The summed E-state index contributed by atoms with van der Waals surface area (Å²) in [5.41, 5.74) is 15.1. The van der Waals surface area contributed by atoms with Gasteiger partial charge in [-0.05, 0) is 113 Å². The summed E-state index contributed by atoms with van der Waals surface area (Å²) in [6, 6.07) is 51.7. The Morgan fingerprint density at radius 3 is 1.60 bits per heavy atom. The van der Waals surface area contributed by atoms with Crippen LogP contribution in [0.3, 0.4) is 0 Å². The molecule has 0 N–H and O–H groups in total. The SMILES string of the molecule is CC1CC=CCC1(C)C1(c2ccccc2)c2cc(-n3c4ccccc4c4ncccc43)ccc2-c2ccc(-n3c4ccccc4c4ncccc43)cc21. The van der Waals surface area contributed by atoms with Crippen LogP contribution in [0.5, 0.6) is 0 Å². The Bertz CT molecular complexity index is 2680. The quantitative estimate of drug-likeness (QED) is 0.173. The Morgan fingerprint density at radius 2 is 1.06 bits per heavy atom. The second-order valence-electron chi connectivity index (χ2n) is 15.3. The molecule has 4 nitrogen and oxygen atoms in total. The van der Waals surface area contributed by atoms with Crippen LogP contribution >= 0.6 is 0 Å². The van der Waals surface area contributed by atoms with Crippen LogP contribution < -0.4 is 0 Å². The first-order valence-electron chi connectivity index (χ1n) is 18.8. The van der Waals surface area contributed by atoms with Gasteiger partial charge in [-0.2, -0.15) is 0 Å². The minimum absolute atomic E-state index is 0.134. The molecule has 4 aromatic heterocycles. The lowest BCUT2D eigenvalue weighted by Crippen LogP contribution is -2.49. The van der Waals surface area contributed by atoms with E-state index < -0.39 is 5.41 Å². The first kappa shape index (κ1) is 30.4. The number of pyridine rings is 2. The standard InChI is InChI=1S/C49H38N4/c1-32-14-10-11-27-48(32,2)49(33-15-4-3-5-16-33)40-30-34(52-42-19-8-6-17-38(42)46-44(52)21-12-28-50-46)23-25-36(40)37-26-24-35(31-41(37)49)53-43-20-9-7-18-39(43)47-45(53)22-13-29-51-47/h3-13,15-26,28-32H,14,27H2,1-2H3. The van der Waals surface area contributed by atoms with Gasteiger partial charge in [0.15, 0.2) is 0 Å². The topological polar surface area (TPSA) is 35.6 Å². The van der Waals surface area contributed by atoms with Gasteiger partial charge in [0.25, 0.3) is 0 Å². The number of hydrogen-bond acceptors (Lipinski definition) is 2. The summed E-state index contributed by atoms with van der Waals surface area (Å²) in [6.07, 6.45) is 10.7. The molecule has 0 spiro atoms. The third kappa shape index (κ3) is 3.96. The van der Waals surface area contributed by atoms with E-state index in [1.807, 2.05) is 12.4 Å². The van der Waals surface area contributed by atoms with E-state index in [0.717, 1.165) is 46.3 Å². The molecule has 5 aromatic carbocycles. The van der Waals surface area contributed by atoms with E-state index >= 15 is 0 Å². The summed E-state index contributed by atoms with van der Waals surface area (Å²) in [6.45, 7) is 5.03. The molecule has 254 valence electrons. The highest BCUT2D eigenvalue weighted by molar-refractivity contribution is 6.08. The van der Waals surface area contributed by atoms with E-state index in [2.05, 4.69) is 175 Å². The average molecular weight is 683 g/mol. The molecule has 0 saturated heterocycles. The fourth-order valence-electron chi connectivity index (χ4n) is 10.3. The third-order valence-electron chi connectivity index (χ3n) is 12.8. The van der Waals surface area contributed by atoms with Gasteiger partial charge in [0.2, 0.25) is 0 Å². The first-order chi connectivity index (χ1) is 26.1. The Hall–Kier alpha value is -6.26. The lowest BCUT2D eigenvalue weighted by Gasteiger charge is -2.53. The molecule has 2 unspecified atom stereocenters. The van der Waals surface area contributed by atoms with Gasteiger partial charge in [-0.1, -0.05) is 105 Å². The molecule has 0 fully saturated rings. The van der Waals surface area contributed by atoms with Gasteiger partial charge in [0, 0.05) is 34.5 Å². The van der Waals surface area contributed by atoms with Crippen molar-refractivity contribution in [3.63, 3.8) is 0 Å². The Balaban J connectivity index is 1.26. The smallest absolute Gasteiger partial charge is 0.0963 e. The van der Waals surface area contributed by atoms with Gasteiger partial charge in [0.1, 0.15) is 0 Å². The molecule has 0 amide bonds. The van der Waals surface area contributed by atoms with Gasteiger partial charge in [0.05, 0.1) is 38.5 Å². The normalized spacial score (nSPS) is 18.9. The van der Waals surface area contributed by atoms with Crippen molar-refractivity contribution in [3.05, 3.63) is 181 Å². The molecule has 2 aliphatic rings. The predicted molar refractivity (Wildman–Crippen MR) is 218 cm³/mol. The molecule has 0 bridgehead atoms. The van der Waals surface area contributed by atoms with Gasteiger partial charge in [-0.3, -0.25) is 9.97 Å². The number of aromatic nitrogens is 4. The molecule has 9 aromatic rings. The minimum Gasteiger partial charge on any atom is -0.308 e. The molecule has 0 saturated carbocycles. The van der Waals surface area contributed by atoms with E-state index in [4.69, 9.17) is 9.97 Å². The largest absolute Gasteiger partial charge is 0.308 e. The molecule has 2 atom stereocenters. The summed E-state index contributed by atoms with van der Waals surface area (Å²) in [5.74, 6) is 0.425. The van der Waals surface area contributed by atoms with Crippen molar-refractivity contribution in [2.75, 3.05) is 0 Å². The van der Waals surface area contributed by atoms with E-state index in [1.54, 1.807) is 0 Å². The molecule has 0 aliphatic heterocycles. The van der Waals surface area contributed by atoms with Crippen molar-refractivity contribution >= 4 is 43.9 Å². The maximum Gasteiger partial charge on any atom is 0.0963 e. The maximum atomic E-state index is 4.87. The summed E-state index contributed by atoms with van der Waals surface area (Å²) >= 11 is 0. The zero-order valence-corrected chi connectivity index (χ0v) is 29.9. The van der Waals surface area contributed by atoms with Gasteiger partial charge in [-0.25, -0.2) is 0 Å². The molecule has 4 heteroatoms. The van der Waals surface area contributed by atoms with Crippen molar-refractivity contribution in [2.45, 2.75) is 32.1 Å². The van der Waals surface area contributed by atoms with Crippen LogP contribution in [0, 0.1) is 11.3 Å². The second-order valence-corrected chi connectivity index (χ2v) is 15.3. The van der Waals surface area contributed by atoms with Crippen LogP contribution in [0.15, 0.2) is 164 Å². The van der Waals surface area contributed by atoms with E-state index in [1.165, 1.54) is 49.6 Å². The van der Waals surface area contributed by atoms with Crippen molar-refractivity contribution < 1.29 is 0 Å². The Kier molecular flexibility index (Phi) is 6.37. The minimum atomic E-state index is -0.441. The summed E-state index contributed by atoms with van der Waals surface area (Å²) < 4.78 is 4.83.